The van der Waals surface area contributed by atoms with E-state index in [-0.39, 0.29) is 17.7 Å². The summed E-state index contributed by atoms with van der Waals surface area (Å²) in [5.41, 5.74) is 2.17. The summed E-state index contributed by atoms with van der Waals surface area (Å²) >= 11 is 0. The monoisotopic (exact) mass is 493 g/mol. The molecular weight excluding hydrogens is 454 g/mol. The fraction of sp³-hybridized carbons (Fsp3) is 0.517. The topological polar surface area (TPSA) is 79.9 Å². The van der Waals surface area contributed by atoms with Crippen molar-refractivity contribution < 1.29 is 19.1 Å². The summed E-state index contributed by atoms with van der Waals surface area (Å²) < 4.78 is 11.4. The third-order valence-corrected chi connectivity index (χ3v) is 7.25. The van der Waals surface area contributed by atoms with Crippen LogP contribution in [0.5, 0.6) is 5.75 Å². The second-order valence-corrected chi connectivity index (χ2v) is 9.91. The SMILES string of the molecule is CN(CCOc1cccc(CNC(=O)c2cccc(NC(=O)C3CCCCC3)c2)c1)C1CCOCC1. The van der Waals surface area contributed by atoms with Crippen LogP contribution in [0, 0.1) is 5.92 Å². The van der Waals surface area contributed by atoms with E-state index in [1.165, 1.54) is 6.42 Å². The number of anilines is 1. The lowest BCUT2D eigenvalue weighted by Gasteiger charge is -2.31. The van der Waals surface area contributed by atoms with Crippen LogP contribution in [0.25, 0.3) is 0 Å². The highest BCUT2D eigenvalue weighted by atomic mass is 16.5. The lowest BCUT2D eigenvalue weighted by atomic mass is 9.88. The first-order valence-corrected chi connectivity index (χ1v) is 13.3. The van der Waals surface area contributed by atoms with Crippen molar-refractivity contribution in [3.05, 3.63) is 59.7 Å². The van der Waals surface area contributed by atoms with Gasteiger partial charge in [-0.1, -0.05) is 37.5 Å². The maximum Gasteiger partial charge on any atom is 0.251 e. The molecule has 1 saturated heterocycles. The highest BCUT2D eigenvalue weighted by Gasteiger charge is 2.21. The minimum Gasteiger partial charge on any atom is -0.492 e. The molecule has 2 aliphatic rings. The maximum atomic E-state index is 12.8. The Labute approximate surface area is 214 Å². The predicted octanol–water partition coefficient (Wildman–Crippen LogP) is 4.63. The zero-order valence-corrected chi connectivity index (χ0v) is 21.3. The van der Waals surface area contributed by atoms with Crippen LogP contribution in [-0.2, 0) is 16.1 Å². The van der Waals surface area contributed by atoms with E-state index < -0.39 is 0 Å². The molecule has 4 rings (SSSR count). The Balaban J connectivity index is 1.23. The summed E-state index contributed by atoms with van der Waals surface area (Å²) in [6.45, 7) is 3.55. The van der Waals surface area contributed by atoms with Crippen molar-refractivity contribution in [1.82, 2.24) is 10.2 Å². The molecule has 1 aliphatic heterocycles. The van der Waals surface area contributed by atoms with Gasteiger partial charge in [-0.3, -0.25) is 14.5 Å². The van der Waals surface area contributed by atoms with Crippen molar-refractivity contribution in [1.29, 1.82) is 0 Å². The molecule has 0 radical (unpaired) electrons. The van der Waals surface area contributed by atoms with Gasteiger partial charge >= 0.3 is 0 Å². The van der Waals surface area contributed by atoms with Crippen LogP contribution in [0.15, 0.2) is 48.5 Å². The molecule has 0 aromatic heterocycles. The Bertz CT molecular complexity index is 1000. The molecule has 194 valence electrons. The minimum absolute atomic E-state index is 0.0584. The van der Waals surface area contributed by atoms with Gasteiger partial charge in [0.05, 0.1) is 0 Å². The molecule has 2 fully saturated rings. The van der Waals surface area contributed by atoms with Gasteiger partial charge in [0.1, 0.15) is 12.4 Å². The van der Waals surface area contributed by atoms with E-state index in [1.54, 1.807) is 18.2 Å². The molecule has 2 amide bonds. The van der Waals surface area contributed by atoms with Crippen molar-refractivity contribution in [2.45, 2.75) is 57.5 Å². The normalized spacial score (nSPS) is 17.1. The number of nitrogens with zero attached hydrogens (tertiary/aromatic N) is 1. The number of hydrogen-bond acceptors (Lipinski definition) is 5. The van der Waals surface area contributed by atoms with Gasteiger partial charge in [-0.05, 0) is 68.6 Å². The first-order valence-electron chi connectivity index (χ1n) is 13.3. The molecule has 0 atom stereocenters. The molecule has 0 unspecified atom stereocenters. The van der Waals surface area contributed by atoms with E-state index in [0.29, 0.717) is 30.4 Å². The average Bonchev–Trinajstić information content (AvgIpc) is 2.93. The number of benzene rings is 2. The third-order valence-electron chi connectivity index (χ3n) is 7.25. The minimum atomic E-state index is -0.173. The zero-order chi connectivity index (χ0) is 25.2. The van der Waals surface area contributed by atoms with Gasteiger partial charge in [-0.2, -0.15) is 0 Å². The van der Waals surface area contributed by atoms with Crippen LogP contribution in [0.4, 0.5) is 5.69 Å². The molecular formula is C29H39N3O4. The van der Waals surface area contributed by atoms with Gasteiger partial charge in [0.2, 0.25) is 5.91 Å². The van der Waals surface area contributed by atoms with Gasteiger partial charge in [-0.25, -0.2) is 0 Å². The highest BCUT2D eigenvalue weighted by Crippen LogP contribution is 2.25. The summed E-state index contributed by atoms with van der Waals surface area (Å²) in [6, 6.07) is 15.5. The Morgan fingerprint density at radius 1 is 1.00 bits per heavy atom. The van der Waals surface area contributed by atoms with E-state index in [9.17, 15) is 9.59 Å². The molecule has 7 heteroatoms. The van der Waals surface area contributed by atoms with Gasteiger partial charge in [0.15, 0.2) is 0 Å². The Kier molecular flexibility index (Phi) is 9.76. The molecule has 0 spiro atoms. The van der Waals surface area contributed by atoms with Gasteiger partial charge in [0.25, 0.3) is 5.91 Å². The van der Waals surface area contributed by atoms with Gasteiger partial charge in [0, 0.05) is 49.5 Å². The average molecular weight is 494 g/mol. The summed E-state index contributed by atoms with van der Waals surface area (Å²) in [5.74, 6) is 0.763. The van der Waals surface area contributed by atoms with Crippen LogP contribution in [0.2, 0.25) is 0 Å². The maximum absolute atomic E-state index is 12.8. The molecule has 1 aliphatic carbocycles. The zero-order valence-electron chi connectivity index (χ0n) is 21.3. The standard InChI is InChI=1S/C29H39N3O4/c1-32(26-13-16-35-17-14-26)15-18-36-27-12-5-7-22(19-27)21-30-28(33)24-10-6-11-25(20-24)31-29(34)23-8-3-2-4-9-23/h5-7,10-12,19-20,23,26H,2-4,8-9,13-18,21H2,1H3,(H,30,33)(H,31,34). The van der Waals surface area contributed by atoms with Gasteiger partial charge < -0.3 is 20.1 Å². The number of likely N-dealkylation sites (N-methyl/N-ethyl adjacent to an activating group) is 1. The number of carbonyl (C=O) groups excluding carboxylic acids is 2. The van der Waals surface area contributed by atoms with Crippen molar-refractivity contribution in [3.8, 4) is 5.75 Å². The van der Waals surface area contributed by atoms with Crippen molar-refractivity contribution in [3.63, 3.8) is 0 Å². The molecule has 1 saturated carbocycles. The van der Waals surface area contributed by atoms with Crippen LogP contribution in [0.3, 0.4) is 0 Å². The number of hydrogen-bond donors (Lipinski definition) is 2. The van der Waals surface area contributed by atoms with Crippen LogP contribution in [0.1, 0.15) is 60.9 Å². The molecule has 7 nitrogen and oxygen atoms in total. The molecule has 2 aromatic rings. The van der Waals surface area contributed by atoms with Crippen molar-refractivity contribution in [2.24, 2.45) is 5.92 Å². The number of nitrogens with one attached hydrogen (secondary N) is 2. The fourth-order valence-corrected chi connectivity index (χ4v) is 4.99. The first kappa shape index (κ1) is 26.2. The van der Waals surface area contributed by atoms with E-state index in [2.05, 4.69) is 22.6 Å². The van der Waals surface area contributed by atoms with Crippen LogP contribution in [-0.4, -0.2) is 56.2 Å². The second-order valence-electron chi connectivity index (χ2n) is 9.91. The smallest absolute Gasteiger partial charge is 0.251 e. The van der Waals surface area contributed by atoms with Crippen molar-refractivity contribution >= 4 is 17.5 Å². The largest absolute Gasteiger partial charge is 0.492 e. The fourth-order valence-electron chi connectivity index (χ4n) is 4.99. The predicted molar refractivity (Wildman–Crippen MR) is 141 cm³/mol. The summed E-state index contributed by atoms with van der Waals surface area (Å²) in [5, 5.41) is 5.97. The van der Waals surface area contributed by atoms with E-state index in [4.69, 9.17) is 9.47 Å². The lowest BCUT2D eigenvalue weighted by molar-refractivity contribution is -0.120. The molecule has 0 bridgehead atoms. The Hall–Kier alpha value is -2.90. The number of carbonyl (C=O) groups is 2. The Morgan fingerprint density at radius 2 is 1.78 bits per heavy atom. The molecule has 36 heavy (non-hydrogen) atoms. The van der Waals surface area contributed by atoms with Crippen molar-refractivity contribution in [2.75, 3.05) is 38.7 Å². The Morgan fingerprint density at radius 3 is 2.58 bits per heavy atom. The summed E-state index contributed by atoms with van der Waals surface area (Å²) in [6.07, 6.45) is 7.47. The highest BCUT2D eigenvalue weighted by molar-refractivity contribution is 5.97. The van der Waals surface area contributed by atoms with E-state index in [0.717, 1.165) is 69.6 Å². The molecule has 1 heterocycles. The third kappa shape index (κ3) is 7.80. The molecule has 2 aromatic carbocycles. The summed E-state index contributed by atoms with van der Waals surface area (Å²) in [7, 11) is 2.14. The van der Waals surface area contributed by atoms with E-state index in [1.807, 2.05) is 30.3 Å². The van der Waals surface area contributed by atoms with Crippen LogP contribution >= 0.6 is 0 Å². The lowest BCUT2D eigenvalue weighted by Crippen LogP contribution is -2.38. The van der Waals surface area contributed by atoms with E-state index >= 15 is 0 Å². The van der Waals surface area contributed by atoms with Gasteiger partial charge in [-0.15, -0.1) is 0 Å². The number of amides is 2. The summed E-state index contributed by atoms with van der Waals surface area (Å²) in [4.78, 5) is 27.7. The molecule has 2 N–H and O–H groups in total. The number of rotatable bonds is 10. The van der Waals surface area contributed by atoms with Crippen LogP contribution < -0.4 is 15.4 Å². The first-order chi connectivity index (χ1) is 17.6. The second kappa shape index (κ2) is 13.4. The number of ether oxygens (including phenoxy) is 2. The quantitative estimate of drug-likeness (QED) is 0.505.